The Balaban J connectivity index is 1.72. The van der Waals surface area contributed by atoms with Gasteiger partial charge in [-0.15, -0.1) is 0 Å². The summed E-state index contributed by atoms with van der Waals surface area (Å²) in [5, 5.41) is 6.23. The number of benzene rings is 1. The zero-order valence-electron chi connectivity index (χ0n) is 15.8. The maximum absolute atomic E-state index is 14.3. The van der Waals surface area contributed by atoms with Gasteiger partial charge < -0.3 is 0 Å². The molecule has 3 N–H and O–H groups in total. The number of hydrogen-bond acceptors (Lipinski definition) is 6. The monoisotopic (exact) mass is 523 g/mol. The molecule has 0 saturated heterocycles. The number of carbonyl (C=O) groups is 1. The van der Waals surface area contributed by atoms with Crippen LogP contribution in [-0.2, 0) is 9.49 Å². The third kappa shape index (κ3) is 3.25. The van der Waals surface area contributed by atoms with Crippen molar-refractivity contribution in [1.29, 1.82) is 0 Å². The van der Waals surface area contributed by atoms with Crippen molar-refractivity contribution in [2.75, 3.05) is 19.2 Å². The minimum absolute atomic E-state index is 0.0686. The fraction of sp³-hybridized carbons (Fsp3) is 0.200. The van der Waals surface area contributed by atoms with Crippen molar-refractivity contribution in [3.63, 3.8) is 0 Å². The van der Waals surface area contributed by atoms with Crippen molar-refractivity contribution in [1.82, 2.24) is 15.3 Å². The molecule has 8 nitrogen and oxygen atoms in total. The number of nitrogens with one attached hydrogen (secondary N) is 3. The molecule has 1 amide bonds. The second-order valence-corrected chi connectivity index (χ2v) is 9.29. The average Bonchev–Trinajstić information content (AvgIpc) is 3.08. The molecule has 5 rings (SSSR count). The normalized spacial score (nSPS) is 17.7. The average molecular weight is 523 g/mol. The van der Waals surface area contributed by atoms with E-state index in [1.165, 1.54) is 13.2 Å². The number of aromatic nitrogens is 2. The van der Waals surface area contributed by atoms with Crippen LogP contribution in [0.15, 0.2) is 36.7 Å². The van der Waals surface area contributed by atoms with Gasteiger partial charge in [-0.1, -0.05) is 0 Å². The zero-order chi connectivity index (χ0) is 20.7. The molecule has 1 unspecified atom stereocenters. The summed E-state index contributed by atoms with van der Waals surface area (Å²) in [6.07, 6.45) is 3.86. The SMILES string of the molecule is COc1c(F)cccc1Nc1c2[nH]c3c1C(=O)NC(C3)[I-]OCOc1cnccc1-2. The fourth-order valence-corrected chi connectivity index (χ4v) is 5.36. The third-order valence-corrected chi connectivity index (χ3v) is 6.87. The van der Waals surface area contributed by atoms with Gasteiger partial charge in [0.05, 0.1) is 0 Å². The molecule has 2 aliphatic rings. The Hall–Kier alpha value is -2.86. The second-order valence-electron chi connectivity index (χ2n) is 6.65. The number of alkyl halides is 1. The molecule has 3 bridgehead atoms. The van der Waals surface area contributed by atoms with Crippen LogP contribution >= 0.6 is 0 Å². The van der Waals surface area contributed by atoms with Crippen molar-refractivity contribution < 1.29 is 43.3 Å². The first-order valence-electron chi connectivity index (χ1n) is 9.13. The molecule has 1 aromatic carbocycles. The van der Waals surface area contributed by atoms with Gasteiger partial charge in [-0.25, -0.2) is 0 Å². The molecule has 2 aromatic heterocycles. The number of para-hydroxylation sites is 1. The molecule has 3 aromatic rings. The number of ether oxygens (including phenoxy) is 2. The van der Waals surface area contributed by atoms with Crippen LogP contribution in [0.25, 0.3) is 11.3 Å². The number of amides is 1. The van der Waals surface area contributed by atoms with Gasteiger partial charge in [0, 0.05) is 0 Å². The number of carbonyl (C=O) groups excluding carboxylic acids is 1. The van der Waals surface area contributed by atoms with Crippen LogP contribution in [-0.4, -0.2) is 33.8 Å². The topological polar surface area (TPSA) is 97.5 Å². The summed E-state index contributed by atoms with van der Waals surface area (Å²) in [5.41, 5.74) is 3.59. The number of rotatable bonds is 3. The van der Waals surface area contributed by atoms with Gasteiger partial charge in [0.2, 0.25) is 0 Å². The predicted octanol–water partition coefficient (Wildman–Crippen LogP) is -0.0495. The molecule has 4 heterocycles. The molecule has 0 spiro atoms. The molecule has 0 radical (unpaired) electrons. The van der Waals surface area contributed by atoms with Gasteiger partial charge in [0.15, 0.2) is 0 Å². The molecule has 156 valence electrons. The predicted molar refractivity (Wildman–Crippen MR) is 102 cm³/mol. The van der Waals surface area contributed by atoms with Crippen LogP contribution in [0.1, 0.15) is 16.1 Å². The van der Waals surface area contributed by atoms with Crippen molar-refractivity contribution in [2.24, 2.45) is 0 Å². The second kappa shape index (κ2) is 7.76. The van der Waals surface area contributed by atoms with Gasteiger partial charge in [-0.3, -0.25) is 0 Å². The van der Waals surface area contributed by atoms with Gasteiger partial charge >= 0.3 is 182 Å². The third-order valence-electron chi connectivity index (χ3n) is 4.89. The van der Waals surface area contributed by atoms with Crippen molar-refractivity contribution in [3.8, 4) is 22.8 Å². The molecule has 30 heavy (non-hydrogen) atoms. The first-order chi connectivity index (χ1) is 14.7. The number of aromatic amines is 1. The number of fused-ring (bicyclic) bond motifs is 4. The zero-order valence-corrected chi connectivity index (χ0v) is 17.9. The van der Waals surface area contributed by atoms with E-state index < -0.39 is 27.4 Å². The number of methoxy groups -OCH3 is 1. The van der Waals surface area contributed by atoms with Crippen LogP contribution in [0.4, 0.5) is 15.8 Å². The van der Waals surface area contributed by atoms with E-state index in [9.17, 15) is 9.18 Å². The number of H-pyrrole nitrogens is 1. The Kier molecular flexibility index (Phi) is 4.95. The number of halogens is 2. The molecule has 0 aliphatic carbocycles. The molecular formula is C20H17FIN4O4-. The van der Waals surface area contributed by atoms with Crippen molar-refractivity contribution >= 4 is 17.3 Å². The summed E-state index contributed by atoms with van der Waals surface area (Å²) in [4.78, 5) is 20.5. The van der Waals surface area contributed by atoms with E-state index in [0.717, 1.165) is 5.69 Å². The van der Waals surface area contributed by atoms with Gasteiger partial charge in [-0.2, -0.15) is 0 Å². The van der Waals surface area contributed by atoms with E-state index in [1.54, 1.807) is 30.6 Å². The van der Waals surface area contributed by atoms with Crippen LogP contribution in [0.3, 0.4) is 0 Å². The minimum atomic E-state index is -0.769. The molecule has 0 fully saturated rings. The first kappa shape index (κ1) is 19.1. The molecule has 2 aliphatic heterocycles. The Bertz CT molecular complexity index is 1140. The molecule has 0 saturated carbocycles. The number of pyridine rings is 1. The molecule has 10 heteroatoms. The Labute approximate surface area is 181 Å². The first-order valence-corrected chi connectivity index (χ1v) is 11.3. The summed E-state index contributed by atoms with van der Waals surface area (Å²) < 4.78 is 30.9. The Morgan fingerprint density at radius 2 is 2.27 bits per heavy atom. The van der Waals surface area contributed by atoms with Crippen LogP contribution < -0.4 is 41.7 Å². The standard InChI is InChI=1S/C20H17FIN4O4/c1-28-19-11(21)3-2-4-12(19)24-18-16-13-7-15(26-20(16)27)22-30-9-29-14-8-23-6-5-10(14)17(18)25-13/h2-6,8,15,24-25H,7,9H2,1H3,(H,26,27)/q-1. The van der Waals surface area contributed by atoms with E-state index in [2.05, 4.69) is 20.6 Å². The van der Waals surface area contributed by atoms with E-state index in [-0.39, 0.29) is 22.5 Å². The van der Waals surface area contributed by atoms with Gasteiger partial charge in [-0.05, 0) is 0 Å². The van der Waals surface area contributed by atoms with E-state index in [1.807, 2.05) is 0 Å². The van der Waals surface area contributed by atoms with Crippen molar-refractivity contribution in [3.05, 3.63) is 53.7 Å². The summed E-state index contributed by atoms with van der Waals surface area (Å²) in [6, 6.07) is 6.39. The summed E-state index contributed by atoms with van der Waals surface area (Å²) >= 11 is -0.769. The number of anilines is 2. The number of hydrogen-bond donors (Lipinski definition) is 3. The van der Waals surface area contributed by atoms with Gasteiger partial charge in [0.25, 0.3) is 0 Å². The Morgan fingerprint density at radius 3 is 3.13 bits per heavy atom. The molecule has 1 atom stereocenters. The van der Waals surface area contributed by atoms with E-state index in [4.69, 9.17) is 12.5 Å². The van der Waals surface area contributed by atoms with Crippen LogP contribution in [0, 0.1) is 5.82 Å². The van der Waals surface area contributed by atoms with Crippen molar-refractivity contribution in [2.45, 2.75) is 10.5 Å². The number of nitrogens with zero attached hydrogens (tertiary/aromatic N) is 1. The van der Waals surface area contributed by atoms with Gasteiger partial charge in [0.1, 0.15) is 0 Å². The quantitative estimate of drug-likeness (QED) is 0.253. The Morgan fingerprint density at radius 1 is 1.37 bits per heavy atom. The van der Waals surface area contributed by atoms with E-state index >= 15 is 0 Å². The summed E-state index contributed by atoms with van der Waals surface area (Å²) in [7, 11) is 1.40. The summed E-state index contributed by atoms with van der Waals surface area (Å²) in [5.74, 6) is -0.113. The fourth-order valence-electron chi connectivity index (χ4n) is 3.62. The molecular weight excluding hydrogens is 506 g/mol. The van der Waals surface area contributed by atoms with Crippen LogP contribution in [0.5, 0.6) is 11.5 Å². The van der Waals surface area contributed by atoms with E-state index in [0.29, 0.717) is 40.4 Å². The summed E-state index contributed by atoms with van der Waals surface area (Å²) in [6.45, 7) is 0.0814. The van der Waals surface area contributed by atoms with Crippen LogP contribution in [0.2, 0.25) is 0 Å². The maximum atomic E-state index is 14.3.